The van der Waals surface area contributed by atoms with Crippen molar-refractivity contribution in [2.24, 2.45) is 0 Å². The summed E-state index contributed by atoms with van der Waals surface area (Å²) in [6.07, 6.45) is 0. The van der Waals surface area contributed by atoms with Crippen molar-refractivity contribution < 1.29 is 9.18 Å². The monoisotopic (exact) mass is 342 g/mol. The quantitative estimate of drug-likeness (QED) is 0.877. The van der Waals surface area contributed by atoms with Crippen molar-refractivity contribution in [2.45, 2.75) is 0 Å². The number of anilines is 3. The lowest BCUT2D eigenvalue weighted by Crippen LogP contribution is -2.44. The van der Waals surface area contributed by atoms with Crippen molar-refractivity contribution in [1.29, 1.82) is 0 Å². The summed E-state index contributed by atoms with van der Waals surface area (Å²) in [6.45, 7) is 4.26. The van der Waals surface area contributed by atoms with Crippen LogP contribution in [0.25, 0.3) is 0 Å². The third-order valence-corrected chi connectivity index (χ3v) is 4.34. The van der Waals surface area contributed by atoms with Crippen LogP contribution >= 0.6 is 0 Å². The molecule has 0 bridgehead atoms. The molecule has 0 aromatic heterocycles. The number of carbonyl (C=O) groups is 1. The molecule has 0 atom stereocenters. The maximum absolute atomic E-state index is 13.5. The van der Waals surface area contributed by atoms with Crippen molar-refractivity contribution in [3.63, 3.8) is 0 Å². The fraction of sp³-hybridized carbons (Fsp3) is 0.316. The lowest BCUT2D eigenvalue weighted by molar-refractivity contribution is -0.114. The van der Waals surface area contributed by atoms with Crippen LogP contribution in [0.4, 0.5) is 21.5 Å². The van der Waals surface area contributed by atoms with Gasteiger partial charge in [0.2, 0.25) is 5.91 Å². The predicted octanol–water partition coefficient (Wildman–Crippen LogP) is 2.63. The van der Waals surface area contributed by atoms with E-state index >= 15 is 0 Å². The molecule has 132 valence electrons. The molecule has 1 saturated heterocycles. The molecule has 25 heavy (non-hydrogen) atoms. The molecule has 0 radical (unpaired) electrons. The molecular weight excluding hydrogens is 319 g/mol. The van der Waals surface area contributed by atoms with Crippen molar-refractivity contribution in [3.8, 4) is 0 Å². The highest BCUT2D eigenvalue weighted by molar-refractivity contribution is 5.93. The molecule has 1 aliphatic heterocycles. The number of nitrogens with zero attached hydrogens (tertiary/aromatic N) is 2. The Morgan fingerprint density at radius 2 is 1.72 bits per heavy atom. The standard InChI is InChI=1S/C19H23FN4O/c1-23-10-12-24(13-11-23)16-8-6-15(7-9-16)21-14-19(25)22-18-5-3-2-4-17(18)20/h2-9,21H,10-14H2,1H3,(H,22,25). The first-order valence-electron chi connectivity index (χ1n) is 8.43. The Balaban J connectivity index is 1.50. The van der Waals surface area contributed by atoms with Crippen LogP contribution < -0.4 is 15.5 Å². The van der Waals surface area contributed by atoms with E-state index in [2.05, 4.69) is 39.6 Å². The largest absolute Gasteiger partial charge is 0.376 e. The Hall–Kier alpha value is -2.60. The summed E-state index contributed by atoms with van der Waals surface area (Å²) in [7, 11) is 2.14. The number of benzene rings is 2. The molecule has 2 aromatic rings. The van der Waals surface area contributed by atoms with Gasteiger partial charge in [0, 0.05) is 37.6 Å². The average Bonchev–Trinajstić information content (AvgIpc) is 2.63. The SMILES string of the molecule is CN1CCN(c2ccc(NCC(=O)Nc3ccccc3F)cc2)CC1. The first kappa shape index (κ1) is 17.2. The van der Waals surface area contributed by atoms with Crippen LogP contribution in [0.1, 0.15) is 0 Å². The van der Waals surface area contributed by atoms with Crippen molar-refractivity contribution >= 4 is 23.0 Å². The van der Waals surface area contributed by atoms with Crippen LogP contribution in [-0.2, 0) is 4.79 Å². The molecule has 1 fully saturated rings. The van der Waals surface area contributed by atoms with E-state index in [4.69, 9.17) is 0 Å². The number of likely N-dealkylation sites (N-methyl/N-ethyl adjacent to an activating group) is 1. The Bertz CT molecular complexity index is 712. The fourth-order valence-electron chi connectivity index (χ4n) is 2.79. The number of amides is 1. The van der Waals surface area contributed by atoms with E-state index in [-0.39, 0.29) is 18.1 Å². The minimum Gasteiger partial charge on any atom is -0.376 e. The van der Waals surface area contributed by atoms with Crippen LogP contribution in [0.2, 0.25) is 0 Å². The van der Waals surface area contributed by atoms with E-state index in [1.165, 1.54) is 17.8 Å². The van der Waals surface area contributed by atoms with Gasteiger partial charge in [0.25, 0.3) is 0 Å². The number of hydrogen-bond donors (Lipinski definition) is 2. The summed E-state index contributed by atoms with van der Waals surface area (Å²) in [4.78, 5) is 16.6. The van der Waals surface area contributed by atoms with E-state index in [1.807, 2.05) is 12.1 Å². The number of halogens is 1. The Kier molecular flexibility index (Phi) is 5.50. The van der Waals surface area contributed by atoms with Crippen LogP contribution in [-0.4, -0.2) is 50.6 Å². The van der Waals surface area contributed by atoms with Gasteiger partial charge in [-0.25, -0.2) is 4.39 Å². The Morgan fingerprint density at radius 1 is 1.04 bits per heavy atom. The van der Waals surface area contributed by atoms with Crippen LogP contribution in [0.15, 0.2) is 48.5 Å². The number of rotatable bonds is 5. The van der Waals surface area contributed by atoms with E-state index in [1.54, 1.807) is 12.1 Å². The lowest BCUT2D eigenvalue weighted by atomic mass is 10.2. The molecule has 1 amide bonds. The molecule has 2 N–H and O–H groups in total. The molecule has 5 nitrogen and oxygen atoms in total. The summed E-state index contributed by atoms with van der Waals surface area (Å²) in [5, 5.41) is 5.62. The summed E-state index contributed by atoms with van der Waals surface area (Å²) < 4.78 is 13.5. The number of hydrogen-bond acceptors (Lipinski definition) is 4. The molecule has 0 unspecified atom stereocenters. The van der Waals surface area contributed by atoms with Crippen molar-refractivity contribution in [3.05, 3.63) is 54.3 Å². The van der Waals surface area contributed by atoms with Crippen molar-refractivity contribution in [2.75, 3.05) is 55.3 Å². The summed E-state index contributed by atoms with van der Waals surface area (Å²) in [5.41, 5.74) is 2.25. The first-order chi connectivity index (χ1) is 12.1. The number of para-hydroxylation sites is 1. The summed E-state index contributed by atoms with van der Waals surface area (Å²) in [5.74, 6) is -0.722. The molecule has 0 spiro atoms. The van der Waals surface area contributed by atoms with Gasteiger partial charge in [-0.1, -0.05) is 12.1 Å². The average molecular weight is 342 g/mol. The van der Waals surface area contributed by atoms with Gasteiger partial charge in [0.1, 0.15) is 5.82 Å². The lowest BCUT2D eigenvalue weighted by Gasteiger charge is -2.34. The van der Waals surface area contributed by atoms with Gasteiger partial charge in [-0.15, -0.1) is 0 Å². The van der Waals surface area contributed by atoms with Gasteiger partial charge < -0.3 is 20.4 Å². The van der Waals surface area contributed by atoms with E-state index < -0.39 is 5.82 Å². The van der Waals surface area contributed by atoms with E-state index in [0.717, 1.165) is 31.9 Å². The third kappa shape index (κ3) is 4.70. The van der Waals surface area contributed by atoms with E-state index in [0.29, 0.717) is 0 Å². The minimum absolute atomic E-state index is 0.0855. The third-order valence-electron chi connectivity index (χ3n) is 4.34. The van der Waals surface area contributed by atoms with Crippen LogP contribution in [0.5, 0.6) is 0 Å². The smallest absolute Gasteiger partial charge is 0.243 e. The van der Waals surface area contributed by atoms with Gasteiger partial charge in [-0.3, -0.25) is 4.79 Å². The normalized spacial score (nSPS) is 15.0. The fourth-order valence-corrected chi connectivity index (χ4v) is 2.79. The van der Waals surface area contributed by atoms with Gasteiger partial charge in [0.05, 0.1) is 12.2 Å². The molecule has 1 aliphatic rings. The molecular formula is C19H23FN4O. The van der Waals surface area contributed by atoms with Gasteiger partial charge in [-0.2, -0.15) is 0 Å². The highest BCUT2D eigenvalue weighted by Crippen LogP contribution is 2.19. The second-order valence-corrected chi connectivity index (χ2v) is 6.22. The maximum atomic E-state index is 13.5. The predicted molar refractivity (Wildman–Crippen MR) is 99.7 cm³/mol. The Morgan fingerprint density at radius 3 is 2.40 bits per heavy atom. The van der Waals surface area contributed by atoms with Gasteiger partial charge in [0.15, 0.2) is 0 Å². The zero-order chi connectivity index (χ0) is 17.6. The highest BCUT2D eigenvalue weighted by atomic mass is 19.1. The van der Waals surface area contributed by atoms with Crippen LogP contribution in [0.3, 0.4) is 0 Å². The molecule has 1 heterocycles. The Labute approximate surface area is 147 Å². The van der Waals surface area contributed by atoms with Gasteiger partial charge >= 0.3 is 0 Å². The number of piperazine rings is 1. The summed E-state index contributed by atoms with van der Waals surface area (Å²) in [6, 6.07) is 14.2. The highest BCUT2D eigenvalue weighted by Gasteiger charge is 2.14. The first-order valence-corrected chi connectivity index (χ1v) is 8.43. The number of nitrogens with one attached hydrogen (secondary N) is 2. The zero-order valence-corrected chi connectivity index (χ0v) is 14.3. The molecule has 0 aliphatic carbocycles. The molecule has 2 aromatic carbocycles. The van der Waals surface area contributed by atoms with Crippen molar-refractivity contribution in [1.82, 2.24) is 4.90 Å². The van der Waals surface area contributed by atoms with Gasteiger partial charge in [-0.05, 0) is 43.4 Å². The van der Waals surface area contributed by atoms with Crippen LogP contribution in [0, 0.1) is 5.82 Å². The second-order valence-electron chi connectivity index (χ2n) is 6.22. The second kappa shape index (κ2) is 7.98. The number of carbonyl (C=O) groups excluding carboxylic acids is 1. The van der Waals surface area contributed by atoms with E-state index in [9.17, 15) is 9.18 Å². The maximum Gasteiger partial charge on any atom is 0.243 e. The minimum atomic E-state index is -0.438. The molecule has 3 rings (SSSR count). The molecule has 0 saturated carbocycles. The topological polar surface area (TPSA) is 47.6 Å². The summed E-state index contributed by atoms with van der Waals surface area (Å²) >= 11 is 0. The zero-order valence-electron chi connectivity index (χ0n) is 14.3. The molecule has 6 heteroatoms.